The minimum absolute atomic E-state index is 0.195. The molecule has 2 rings (SSSR count). The van der Waals surface area contributed by atoms with E-state index in [1.54, 1.807) is 0 Å². The van der Waals surface area contributed by atoms with Crippen molar-refractivity contribution in [3.63, 3.8) is 0 Å². The average Bonchev–Trinajstić information content (AvgIpc) is 2.42. The highest BCUT2D eigenvalue weighted by Gasteiger charge is 2.44. The summed E-state index contributed by atoms with van der Waals surface area (Å²) in [6, 6.07) is 4.46. The van der Waals surface area contributed by atoms with Crippen LogP contribution in [0, 0.1) is 0 Å². The first-order chi connectivity index (χ1) is 9.43. The van der Waals surface area contributed by atoms with Gasteiger partial charge in [-0.3, -0.25) is 0 Å². The van der Waals surface area contributed by atoms with Crippen molar-refractivity contribution >= 4 is 23.2 Å². The summed E-state index contributed by atoms with van der Waals surface area (Å²) in [7, 11) is 0. The Morgan fingerprint density at radius 1 is 1.10 bits per heavy atom. The summed E-state index contributed by atoms with van der Waals surface area (Å²) in [5.41, 5.74) is 0. The van der Waals surface area contributed by atoms with Crippen molar-refractivity contribution in [1.82, 2.24) is 0 Å². The third kappa shape index (κ3) is 3.17. The van der Waals surface area contributed by atoms with E-state index in [0.717, 1.165) is 0 Å². The Hall–Kier alpha value is -0.600. The van der Waals surface area contributed by atoms with Crippen molar-refractivity contribution < 1.29 is 29.9 Å². The van der Waals surface area contributed by atoms with E-state index < -0.39 is 37.3 Å². The summed E-state index contributed by atoms with van der Waals surface area (Å²) in [4.78, 5) is 0. The zero-order valence-electron chi connectivity index (χ0n) is 10.2. The summed E-state index contributed by atoms with van der Waals surface area (Å²) in [6.07, 6.45) is -6.74. The van der Waals surface area contributed by atoms with Crippen LogP contribution in [0.3, 0.4) is 0 Å². The van der Waals surface area contributed by atoms with Gasteiger partial charge in [0.25, 0.3) is 0 Å². The quantitative estimate of drug-likeness (QED) is 0.632. The Balaban J connectivity index is 2.15. The molecule has 0 spiro atoms. The van der Waals surface area contributed by atoms with Gasteiger partial charge in [-0.1, -0.05) is 23.2 Å². The fourth-order valence-corrected chi connectivity index (χ4v) is 2.31. The van der Waals surface area contributed by atoms with Gasteiger partial charge in [0, 0.05) is 5.02 Å². The van der Waals surface area contributed by atoms with Gasteiger partial charge in [0.2, 0.25) is 6.29 Å². The Morgan fingerprint density at radius 2 is 1.80 bits per heavy atom. The van der Waals surface area contributed by atoms with Gasteiger partial charge in [-0.25, -0.2) is 0 Å². The molecule has 1 aromatic rings. The van der Waals surface area contributed by atoms with E-state index >= 15 is 0 Å². The second-order valence-corrected chi connectivity index (χ2v) is 5.23. The van der Waals surface area contributed by atoms with E-state index in [-0.39, 0.29) is 10.8 Å². The second-order valence-electron chi connectivity index (χ2n) is 4.39. The predicted octanol–water partition coefficient (Wildman–Crippen LogP) is 0.172. The maximum atomic E-state index is 9.82. The molecule has 4 N–H and O–H groups in total. The number of hydrogen-bond donors (Lipinski definition) is 4. The van der Waals surface area contributed by atoms with Crippen LogP contribution in [0.4, 0.5) is 0 Å². The first kappa shape index (κ1) is 15.8. The topological polar surface area (TPSA) is 99.4 Å². The SMILES string of the molecule is OC[C@H]1O[C@@H](Oc2ccc(Cl)cc2Cl)[C@@H](O)[C@@H](O)[C@@H]1O. The van der Waals surface area contributed by atoms with Gasteiger partial charge in [0.05, 0.1) is 11.6 Å². The molecule has 112 valence electrons. The van der Waals surface area contributed by atoms with Crippen LogP contribution in [0.2, 0.25) is 10.0 Å². The summed E-state index contributed by atoms with van der Waals surface area (Å²) < 4.78 is 10.6. The van der Waals surface area contributed by atoms with Crippen molar-refractivity contribution in [1.29, 1.82) is 0 Å². The molecule has 0 saturated carbocycles. The molecule has 0 aromatic heterocycles. The van der Waals surface area contributed by atoms with Gasteiger partial charge < -0.3 is 29.9 Å². The van der Waals surface area contributed by atoms with E-state index in [2.05, 4.69) is 0 Å². The fraction of sp³-hybridized carbons (Fsp3) is 0.500. The number of hydrogen-bond acceptors (Lipinski definition) is 6. The van der Waals surface area contributed by atoms with Crippen LogP contribution in [0.15, 0.2) is 18.2 Å². The summed E-state index contributed by atoms with van der Waals surface area (Å²) in [5.74, 6) is 0.195. The summed E-state index contributed by atoms with van der Waals surface area (Å²) in [6.45, 7) is -0.529. The van der Waals surface area contributed by atoms with Crippen molar-refractivity contribution in [2.75, 3.05) is 6.61 Å². The van der Waals surface area contributed by atoms with Gasteiger partial charge in [-0.15, -0.1) is 0 Å². The van der Waals surface area contributed by atoms with Gasteiger partial charge in [-0.2, -0.15) is 0 Å². The summed E-state index contributed by atoms with van der Waals surface area (Å²) in [5, 5.41) is 38.8. The molecular weight excluding hydrogens is 311 g/mol. The first-order valence-corrected chi connectivity index (χ1v) is 6.62. The molecule has 0 unspecified atom stereocenters. The van der Waals surface area contributed by atoms with E-state index in [0.29, 0.717) is 5.02 Å². The Labute approximate surface area is 125 Å². The Morgan fingerprint density at radius 3 is 2.40 bits per heavy atom. The Bertz CT molecular complexity index is 469. The van der Waals surface area contributed by atoms with E-state index in [1.807, 2.05) is 0 Å². The lowest BCUT2D eigenvalue weighted by molar-refractivity contribution is -0.277. The molecule has 1 aliphatic heterocycles. The van der Waals surface area contributed by atoms with Crippen LogP contribution >= 0.6 is 23.2 Å². The third-order valence-electron chi connectivity index (χ3n) is 2.99. The number of ether oxygens (including phenoxy) is 2. The predicted molar refractivity (Wildman–Crippen MR) is 70.9 cm³/mol. The van der Waals surface area contributed by atoms with Crippen LogP contribution < -0.4 is 4.74 Å². The van der Waals surface area contributed by atoms with Crippen LogP contribution in [0.25, 0.3) is 0 Å². The molecule has 6 nitrogen and oxygen atoms in total. The zero-order valence-corrected chi connectivity index (χ0v) is 11.7. The maximum Gasteiger partial charge on any atom is 0.229 e. The lowest BCUT2D eigenvalue weighted by Gasteiger charge is -2.39. The molecule has 0 aliphatic carbocycles. The highest BCUT2D eigenvalue weighted by Crippen LogP contribution is 2.31. The molecule has 20 heavy (non-hydrogen) atoms. The number of halogens is 2. The number of benzene rings is 1. The molecule has 1 aliphatic rings. The third-order valence-corrected chi connectivity index (χ3v) is 3.52. The van der Waals surface area contributed by atoms with Crippen molar-refractivity contribution in [2.45, 2.75) is 30.7 Å². The molecule has 1 aromatic carbocycles. The standard InChI is InChI=1S/C12H14Cl2O6/c13-5-1-2-7(6(14)3-5)19-12-11(18)10(17)9(16)8(4-15)20-12/h1-3,8-12,15-18H,4H2/t8-,9-,10+,11+,12-/m1/s1. The molecule has 8 heteroatoms. The lowest BCUT2D eigenvalue weighted by Crippen LogP contribution is -2.60. The smallest absolute Gasteiger partial charge is 0.229 e. The van der Waals surface area contributed by atoms with Crippen molar-refractivity contribution in [3.05, 3.63) is 28.2 Å². The number of aliphatic hydroxyl groups is 4. The van der Waals surface area contributed by atoms with Crippen LogP contribution in [0.5, 0.6) is 5.75 Å². The molecule has 0 amide bonds. The first-order valence-electron chi connectivity index (χ1n) is 5.86. The molecule has 0 bridgehead atoms. The molecular formula is C12H14Cl2O6. The maximum absolute atomic E-state index is 9.82. The van der Waals surface area contributed by atoms with Crippen LogP contribution in [-0.2, 0) is 4.74 Å². The van der Waals surface area contributed by atoms with Crippen molar-refractivity contribution in [2.24, 2.45) is 0 Å². The molecule has 1 saturated heterocycles. The lowest BCUT2D eigenvalue weighted by atomic mass is 9.99. The summed E-state index contributed by atoms with van der Waals surface area (Å²) >= 11 is 11.7. The highest BCUT2D eigenvalue weighted by atomic mass is 35.5. The van der Waals surface area contributed by atoms with E-state index in [1.165, 1.54) is 18.2 Å². The monoisotopic (exact) mass is 324 g/mol. The van der Waals surface area contributed by atoms with Gasteiger partial charge in [0.15, 0.2) is 0 Å². The Kier molecular flexibility index (Phi) is 5.09. The molecule has 1 heterocycles. The average molecular weight is 325 g/mol. The fourth-order valence-electron chi connectivity index (χ4n) is 1.86. The zero-order chi connectivity index (χ0) is 14.9. The molecule has 5 atom stereocenters. The normalized spacial score (nSPS) is 34.0. The number of rotatable bonds is 3. The van der Waals surface area contributed by atoms with Crippen LogP contribution in [0.1, 0.15) is 0 Å². The largest absolute Gasteiger partial charge is 0.460 e. The molecule has 1 fully saturated rings. The minimum atomic E-state index is -1.50. The number of aliphatic hydroxyl groups excluding tert-OH is 4. The molecule has 0 radical (unpaired) electrons. The highest BCUT2D eigenvalue weighted by molar-refractivity contribution is 6.35. The van der Waals surface area contributed by atoms with Crippen molar-refractivity contribution in [3.8, 4) is 5.75 Å². The van der Waals surface area contributed by atoms with Gasteiger partial charge >= 0.3 is 0 Å². The minimum Gasteiger partial charge on any atom is -0.460 e. The van der Waals surface area contributed by atoms with Gasteiger partial charge in [0.1, 0.15) is 30.2 Å². The van der Waals surface area contributed by atoms with E-state index in [9.17, 15) is 15.3 Å². The van der Waals surface area contributed by atoms with Gasteiger partial charge in [-0.05, 0) is 18.2 Å². The van der Waals surface area contributed by atoms with E-state index in [4.69, 9.17) is 37.8 Å². The second kappa shape index (κ2) is 6.44. The van der Waals surface area contributed by atoms with Crippen LogP contribution in [-0.4, -0.2) is 57.7 Å².